The van der Waals surface area contributed by atoms with Gasteiger partial charge in [0, 0.05) is 6.54 Å². The Kier molecular flexibility index (Phi) is 6.35. The van der Waals surface area contributed by atoms with Gasteiger partial charge in [-0.2, -0.15) is 0 Å². The molecule has 1 amide bonds. The summed E-state index contributed by atoms with van der Waals surface area (Å²) in [5.41, 5.74) is 0.281. The molecule has 0 aliphatic heterocycles. The quantitative estimate of drug-likeness (QED) is 0.716. The third kappa shape index (κ3) is 4.60. The highest BCUT2D eigenvalue weighted by Crippen LogP contribution is 2.25. The van der Waals surface area contributed by atoms with E-state index in [1.54, 1.807) is 12.1 Å². The molecule has 0 aliphatic carbocycles. The van der Waals surface area contributed by atoms with Crippen LogP contribution in [0.1, 0.15) is 0 Å². The Morgan fingerprint density at radius 3 is 2.35 bits per heavy atom. The van der Waals surface area contributed by atoms with Crippen molar-refractivity contribution in [1.29, 1.82) is 0 Å². The summed E-state index contributed by atoms with van der Waals surface area (Å²) in [7, 11) is -2.58. The minimum Gasteiger partial charge on any atom is -0.497 e. The van der Waals surface area contributed by atoms with Crippen molar-refractivity contribution in [3.63, 3.8) is 0 Å². The Morgan fingerprint density at radius 2 is 1.81 bits per heavy atom. The number of methoxy groups -OCH3 is 1. The number of halogens is 1. The number of carbonyl (C=O) groups is 1. The summed E-state index contributed by atoms with van der Waals surface area (Å²) in [5.74, 6) is -0.501. The zero-order valence-electron chi connectivity index (χ0n) is 14.2. The second kappa shape index (κ2) is 8.48. The van der Waals surface area contributed by atoms with Crippen LogP contribution in [0.15, 0.2) is 66.1 Å². The lowest BCUT2D eigenvalue weighted by atomic mass is 10.3. The van der Waals surface area contributed by atoms with Crippen molar-refractivity contribution in [2.24, 2.45) is 0 Å². The lowest BCUT2D eigenvalue weighted by Crippen LogP contribution is -2.40. The number of anilines is 1. The first kappa shape index (κ1) is 19.5. The highest BCUT2D eigenvalue weighted by atomic mass is 32.2. The Morgan fingerprint density at radius 1 is 1.19 bits per heavy atom. The van der Waals surface area contributed by atoms with Crippen molar-refractivity contribution < 1.29 is 22.3 Å². The number of rotatable bonds is 8. The number of hydrogen-bond donors (Lipinski definition) is 1. The summed E-state index contributed by atoms with van der Waals surface area (Å²) >= 11 is 0. The van der Waals surface area contributed by atoms with E-state index in [0.29, 0.717) is 5.75 Å². The van der Waals surface area contributed by atoms with Gasteiger partial charge in [-0.15, -0.1) is 6.58 Å². The van der Waals surface area contributed by atoms with Gasteiger partial charge in [-0.25, -0.2) is 12.8 Å². The standard InChI is InChI=1S/C18H19FN2O4S/c1-3-12-20-18(22)13-21(15-6-8-16(25-2)9-7-15)26(23,24)17-10-4-14(19)5-11-17/h3-11H,1,12-13H2,2H3,(H,20,22). The number of ether oxygens (including phenoxy) is 1. The first-order chi connectivity index (χ1) is 12.4. The van der Waals surface area contributed by atoms with Crippen LogP contribution >= 0.6 is 0 Å². The highest BCUT2D eigenvalue weighted by molar-refractivity contribution is 7.92. The second-order valence-corrected chi connectivity index (χ2v) is 7.12. The number of benzene rings is 2. The maximum Gasteiger partial charge on any atom is 0.264 e. The SMILES string of the molecule is C=CCNC(=O)CN(c1ccc(OC)cc1)S(=O)(=O)c1ccc(F)cc1. The van der Waals surface area contributed by atoms with E-state index < -0.39 is 28.3 Å². The summed E-state index contributed by atoms with van der Waals surface area (Å²) in [5, 5.41) is 2.54. The van der Waals surface area contributed by atoms with Gasteiger partial charge >= 0.3 is 0 Å². The fourth-order valence-electron chi connectivity index (χ4n) is 2.17. The van der Waals surface area contributed by atoms with Gasteiger partial charge in [0.05, 0.1) is 17.7 Å². The summed E-state index contributed by atoms with van der Waals surface area (Å²) in [6.45, 7) is 3.28. The van der Waals surface area contributed by atoms with Crippen molar-refractivity contribution >= 4 is 21.6 Å². The van der Waals surface area contributed by atoms with Crippen LogP contribution in [0.2, 0.25) is 0 Å². The smallest absolute Gasteiger partial charge is 0.264 e. The number of nitrogens with one attached hydrogen (secondary N) is 1. The molecule has 0 atom stereocenters. The number of sulfonamides is 1. The van der Waals surface area contributed by atoms with Gasteiger partial charge in [0.2, 0.25) is 5.91 Å². The molecule has 138 valence electrons. The molecule has 8 heteroatoms. The summed E-state index contributed by atoms with van der Waals surface area (Å²) in [6.07, 6.45) is 1.49. The highest BCUT2D eigenvalue weighted by Gasteiger charge is 2.27. The maximum absolute atomic E-state index is 13.1. The zero-order chi connectivity index (χ0) is 19.2. The van der Waals surface area contributed by atoms with Gasteiger partial charge in [0.25, 0.3) is 10.0 Å². The third-order valence-electron chi connectivity index (χ3n) is 3.49. The van der Waals surface area contributed by atoms with Crippen LogP contribution in [0.4, 0.5) is 10.1 Å². The average Bonchev–Trinajstić information content (AvgIpc) is 2.64. The molecule has 0 unspecified atom stereocenters. The molecular formula is C18H19FN2O4S. The van der Waals surface area contributed by atoms with E-state index in [0.717, 1.165) is 28.6 Å². The number of hydrogen-bond acceptors (Lipinski definition) is 4. The topological polar surface area (TPSA) is 75.7 Å². The van der Waals surface area contributed by atoms with Crippen LogP contribution in [-0.4, -0.2) is 34.5 Å². The predicted octanol–water partition coefficient (Wildman–Crippen LogP) is 2.33. The first-order valence-corrected chi connectivity index (χ1v) is 9.12. The van der Waals surface area contributed by atoms with Crippen molar-refractivity contribution in [1.82, 2.24) is 5.32 Å². The molecule has 2 aromatic rings. The first-order valence-electron chi connectivity index (χ1n) is 7.68. The molecule has 0 spiro atoms. The lowest BCUT2D eigenvalue weighted by Gasteiger charge is -2.24. The monoisotopic (exact) mass is 378 g/mol. The summed E-state index contributed by atoms with van der Waals surface area (Å²) in [4.78, 5) is 12.0. The number of nitrogens with zero attached hydrogens (tertiary/aromatic N) is 1. The maximum atomic E-state index is 13.1. The summed E-state index contributed by atoms with van der Waals surface area (Å²) in [6, 6.07) is 10.6. The molecule has 0 bridgehead atoms. The Balaban J connectivity index is 2.42. The van der Waals surface area contributed by atoms with Crippen molar-refractivity contribution in [2.45, 2.75) is 4.90 Å². The van der Waals surface area contributed by atoms with E-state index in [1.165, 1.54) is 25.3 Å². The van der Waals surface area contributed by atoms with E-state index in [2.05, 4.69) is 11.9 Å². The Labute approximate surface area is 151 Å². The van der Waals surface area contributed by atoms with E-state index in [4.69, 9.17) is 4.74 Å². The minimum atomic E-state index is -4.07. The van der Waals surface area contributed by atoms with Crippen LogP contribution in [0, 0.1) is 5.82 Å². The summed E-state index contributed by atoms with van der Waals surface area (Å²) < 4.78 is 45.1. The molecule has 6 nitrogen and oxygen atoms in total. The fraction of sp³-hybridized carbons (Fsp3) is 0.167. The molecule has 0 aromatic heterocycles. The molecule has 0 saturated heterocycles. The third-order valence-corrected chi connectivity index (χ3v) is 5.28. The van der Waals surface area contributed by atoms with Crippen molar-refractivity contribution in [3.8, 4) is 5.75 Å². The minimum absolute atomic E-state index is 0.119. The lowest BCUT2D eigenvalue weighted by molar-refractivity contribution is -0.119. The average molecular weight is 378 g/mol. The number of amides is 1. The van der Waals surface area contributed by atoms with Crippen molar-refractivity contribution in [3.05, 3.63) is 67.0 Å². The van der Waals surface area contributed by atoms with Gasteiger partial charge in [-0.1, -0.05) is 6.08 Å². The molecule has 2 rings (SSSR count). The molecule has 0 saturated carbocycles. The normalized spacial score (nSPS) is 10.8. The molecule has 0 heterocycles. The molecule has 1 N–H and O–H groups in total. The Hall–Kier alpha value is -2.87. The van der Waals surface area contributed by atoms with Crippen LogP contribution in [0.5, 0.6) is 5.75 Å². The molecule has 0 aliphatic rings. The molecule has 0 fully saturated rings. The van der Waals surface area contributed by atoms with Gasteiger partial charge in [-0.05, 0) is 48.5 Å². The molecule has 0 radical (unpaired) electrons. The van der Waals surface area contributed by atoms with Crippen LogP contribution in [-0.2, 0) is 14.8 Å². The molecule has 2 aromatic carbocycles. The van der Waals surface area contributed by atoms with E-state index >= 15 is 0 Å². The van der Waals surface area contributed by atoms with Gasteiger partial charge in [0.15, 0.2) is 0 Å². The second-order valence-electron chi connectivity index (χ2n) is 5.26. The zero-order valence-corrected chi connectivity index (χ0v) is 15.0. The fourth-order valence-corrected chi connectivity index (χ4v) is 3.59. The van der Waals surface area contributed by atoms with Crippen LogP contribution < -0.4 is 14.4 Å². The van der Waals surface area contributed by atoms with Crippen LogP contribution in [0.25, 0.3) is 0 Å². The van der Waals surface area contributed by atoms with Gasteiger partial charge in [-0.3, -0.25) is 9.10 Å². The van der Waals surface area contributed by atoms with Gasteiger partial charge < -0.3 is 10.1 Å². The molecule has 26 heavy (non-hydrogen) atoms. The Bertz CT molecular complexity index is 865. The van der Waals surface area contributed by atoms with E-state index in [9.17, 15) is 17.6 Å². The van der Waals surface area contributed by atoms with E-state index in [-0.39, 0.29) is 17.1 Å². The molecular weight excluding hydrogens is 359 g/mol. The van der Waals surface area contributed by atoms with Crippen LogP contribution in [0.3, 0.4) is 0 Å². The van der Waals surface area contributed by atoms with E-state index in [1.807, 2.05) is 0 Å². The largest absolute Gasteiger partial charge is 0.497 e. The van der Waals surface area contributed by atoms with Crippen molar-refractivity contribution in [2.75, 3.05) is 24.5 Å². The number of carbonyl (C=O) groups excluding carboxylic acids is 1. The van der Waals surface area contributed by atoms with Gasteiger partial charge in [0.1, 0.15) is 18.1 Å². The predicted molar refractivity (Wildman–Crippen MR) is 97.1 cm³/mol.